The number of carbonyl (C=O) groups excluding carboxylic acids is 1. The van der Waals surface area contributed by atoms with E-state index in [2.05, 4.69) is 19.2 Å². The van der Waals surface area contributed by atoms with Crippen molar-refractivity contribution in [1.82, 2.24) is 5.32 Å². The highest BCUT2D eigenvalue weighted by Gasteiger charge is 2.05. The van der Waals surface area contributed by atoms with Gasteiger partial charge in [0.2, 0.25) is 0 Å². The zero-order chi connectivity index (χ0) is 16.2. The van der Waals surface area contributed by atoms with E-state index in [1.165, 1.54) is 62.5 Å². The van der Waals surface area contributed by atoms with Crippen LogP contribution < -0.4 is 5.32 Å². The third-order valence-corrected chi connectivity index (χ3v) is 4.33. The summed E-state index contributed by atoms with van der Waals surface area (Å²) in [5.74, 6) is 0.0580. The van der Waals surface area contributed by atoms with Crippen LogP contribution in [-0.4, -0.2) is 12.5 Å². The molecule has 0 saturated heterocycles. The monoisotopic (exact) mass is 303 g/mol. The highest BCUT2D eigenvalue weighted by molar-refractivity contribution is 5.94. The van der Waals surface area contributed by atoms with Crippen LogP contribution in [0.5, 0.6) is 0 Å². The number of benzene rings is 1. The fraction of sp³-hybridized carbons (Fsp3) is 0.650. The Labute approximate surface area is 136 Å². The average molecular weight is 303 g/mol. The first-order chi connectivity index (χ1) is 10.6. The van der Waals surface area contributed by atoms with Crippen LogP contribution in [0.15, 0.2) is 18.2 Å². The molecular formula is C20H33NO. The number of aryl methyl sites for hydroxylation is 2. The second-order valence-corrected chi connectivity index (χ2v) is 6.38. The van der Waals surface area contributed by atoms with E-state index < -0.39 is 0 Å². The largest absolute Gasteiger partial charge is 0.352 e. The number of carbonyl (C=O) groups is 1. The molecule has 0 aliphatic carbocycles. The van der Waals surface area contributed by atoms with Crippen molar-refractivity contribution in [2.45, 2.75) is 78.6 Å². The summed E-state index contributed by atoms with van der Waals surface area (Å²) in [6.45, 7) is 7.17. The third kappa shape index (κ3) is 7.63. The first-order valence-corrected chi connectivity index (χ1v) is 9.00. The van der Waals surface area contributed by atoms with Gasteiger partial charge in [-0.25, -0.2) is 0 Å². The average Bonchev–Trinajstić information content (AvgIpc) is 2.51. The Morgan fingerprint density at radius 1 is 0.864 bits per heavy atom. The first-order valence-electron chi connectivity index (χ1n) is 9.00. The van der Waals surface area contributed by atoms with Gasteiger partial charge < -0.3 is 5.32 Å². The molecule has 1 N–H and O–H groups in total. The van der Waals surface area contributed by atoms with Crippen LogP contribution in [0.4, 0.5) is 0 Å². The summed E-state index contributed by atoms with van der Waals surface area (Å²) in [5.41, 5.74) is 3.19. The molecule has 0 atom stereocenters. The van der Waals surface area contributed by atoms with Gasteiger partial charge in [0.15, 0.2) is 0 Å². The maximum atomic E-state index is 12.0. The molecule has 0 heterocycles. The molecule has 0 fully saturated rings. The lowest BCUT2D eigenvalue weighted by Gasteiger charge is -2.07. The summed E-state index contributed by atoms with van der Waals surface area (Å²) in [6.07, 6.45) is 11.8. The lowest BCUT2D eigenvalue weighted by Crippen LogP contribution is -2.24. The number of unbranched alkanes of at least 4 members (excludes halogenated alkanes) is 8. The summed E-state index contributed by atoms with van der Waals surface area (Å²) in [4.78, 5) is 12.0. The van der Waals surface area contributed by atoms with Gasteiger partial charge in [0.1, 0.15) is 0 Å². The van der Waals surface area contributed by atoms with Crippen LogP contribution in [0.3, 0.4) is 0 Å². The van der Waals surface area contributed by atoms with Gasteiger partial charge in [0.05, 0.1) is 0 Å². The van der Waals surface area contributed by atoms with Crippen LogP contribution in [0.25, 0.3) is 0 Å². The molecule has 0 spiro atoms. The molecule has 0 aromatic heterocycles. The highest BCUT2D eigenvalue weighted by Crippen LogP contribution is 2.11. The maximum Gasteiger partial charge on any atom is 0.251 e. The number of amides is 1. The van der Waals surface area contributed by atoms with Gasteiger partial charge in [0.25, 0.3) is 5.91 Å². The van der Waals surface area contributed by atoms with Crippen molar-refractivity contribution in [3.8, 4) is 0 Å². The number of hydrogen-bond donors (Lipinski definition) is 1. The SMILES string of the molecule is CCCCCCCCCCCNC(=O)c1ccc(C)c(C)c1. The van der Waals surface area contributed by atoms with Crippen LogP contribution in [0.1, 0.15) is 86.2 Å². The Hall–Kier alpha value is -1.31. The van der Waals surface area contributed by atoms with Crippen molar-refractivity contribution >= 4 is 5.91 Å². The van der Waals surface area contributed by atoms with Gasteiger partial charge in [-0.2, -0.15) is 0 Å². The Balaban J connectivity index is 2.04. The molecular weight excluding hydrogens is 270 g/mol. The predicted octanol–water partition coefficient (Wildman–Crippen LogP) is 5.56. The molecule has 1 aromatic rings. The zero-order valence-electron chi connectivity index (χ0n) is 14.7. The molecule has 0 aliphatic rings. The van der Waals surface area contributed by atoms with Gasteiger partial charge >= 0.3 is 0 Å². The zero-order valence-corrected chi connectivity index (χ0v) is 14.7. The second kappa shape index (κ2) is 11.3. The molecule has 0 unspecified atom stereocenters. The van der Waals surface area contributed by atoms with E-state index in [0.29, 0.717) is 0 Å². The van der Waals surface area contributed by atoms with Crippen LogP contribution in [-0.2, 0) is 0 Å². The molecule has 1 aromatic carbocycles. The van der Waals surface area contributed by atoms with E-state index >= 15 is 0 Å². The summed E-state index contributed by atoms with van der Waals surface area (Å²) in [6, 6.07) is 5.90. The number of nitrogens with one attached hydrogen (secondary N) is 1. The molecule has 1 rings (SSSR count). The van der Waals surface area contributed by atoms with Crippen molar-refractivity contribution in [1.29, 1.82) is 0 Å². The minimum absolute atomic E-state index is 0.0580. The van der Waals surface area contributed by atoms with Crippen LogP contribution in [0, 0.1) is 13.8 Å². The lowest BCUT2D eigenvalue weighted by molar-refractivity contribution is 0.0953. The van der Waals surface area contributed by atoms with Crippen molar-refractivity contribution in [2.24, 2.45) is 0 Å². The van der Waals surface area contributed by atoms with E-state index in [4.69, 9.17) is 0 Å². The van der Waals surface area contributed by atoms with E-state index in [1.807, 2.05) is 25.1 Å². The number of rotatable bonds is 11. The topological polar surface area (TPSA) is 29.1 Å². The summed E-state index contributed by atoms with van der Waals surface area (Å²) in [7, 11) is 0. The molecule has 22 heavy (non-hydrogen) atoms. The predicted molar refractivity (Wildman–Crippen MR) is 95.5 cm³/mol. The molecule has 0 aliphatic heterocycles. The van der Waals surface area contributed by atoms with Gasteiger partial charge in [-0.05, 0) is 43.5 Å². The van der Waals surface area contributed by atoms with E-state index in [-0.39, 0.29) is 5.91 Å². The molecule has 124 valence electrons. The minimum atomic E-state index is 0.0580. The van der Waals surface area contributed by atoms with Crippen LogP contribution in [0.2, 0.25) is 0 Å². The van der Waals surface area contributed by atoms with E-state index in [0.717, 1.165) is 18.5 Å². The Kier molecular flexibility index (Phi) is 9.61. The molecule has 2 heteroatoms. The summed E-state index contributed by atoms with van der Waals surface area (Å²) >= 11 is 0. The van der Waals surface area contributed by atoms with Crippen LogP contribution >= 0.6 is 0 Å². The fourth-order valence-corrected chi connectivity index (χ4v) is 2.62. The van der Waals surface area contributed by atoms with E-state index in [9.17, 15) is 4.79 Å². The van der Waals surface area contributed by atoms with Gasteiger partial charge in [0, 0.05) is 12.1 Å². The quantitative estimate of drug-likeness (QED) is 0.532. The van der Waals surface area contributed by atoms with Crippen molar-refractivity contribution in [2.75, 3.05) is 6.54 Å². The third-order valence-electron chi connectivity index (χ3n) is 4.33. The molecule has 0 saturated carbocycles. The Morgan fingerprint density at radius 3 is 2.05 bits per heavy atom. The maximum absolute atomic E-state index is 12.0. The van der Waals surface area contributed by atoms with E-state index in [1.54, 1.807) is 0 Å². The first kappa shape index (κ1) is 18.7. The van der Waals surface area contributed by atoms with Gasteiger partial charge in [-0.1, -0.05) is 64.4 Å². The summed E-state index contributed by atoms with van der Waals surface area (Å²) in [5, 5.41) is 3.03. The van der Waals surface area contributed by atoms with Gasteiger partial charge in [-0.15, -0.1) is 0 Å². The Bertz CT molecular complexity index is 439. The normalized spacial score (nSPS) is 10.7. The highest BCUT2D eigenvalue weighted by atomic mass is 16.1. The van der Waals surface area contributed by atoms with Gasteiger partial charge in [-0.3, -0.25) is 4.79 Å². The standard InChI is InChI=1S/C20H33NO/c1-4-5-6-7-8-9-10-11-12-15-21-20(22)19-14-13-17(2)18(3)16-19/h13-14,16H,4-12,15H2,1-3H3,(H,21,22). The molecule has 2 nitrogen and oxygen atoms in total. The minimum Gasteiger partial charge on any atom is -0.352 e. The number of hydrogen-bond acceptors (Lipinski definition) is 1. The molecule has 0 bridgehead atoms. The van der Waals surface area contributed by atoms with Crippen molar-refractivity contribution < 1.29 is 4.79 Å². The molecule has 1 amide bonds. The second-order valence-electron chi connectivity index (χ2n) is 6.38. The Morgan fingerprint density at radius 2 is 1.45 bits per heavy atom. The molecule has 0 radical (unpaired) electrons. The fourth-order valence-electron chi connectivity index (χ4n) is 2.62. The van der Waals surface area contributed by atoms with Crippen molar-refractivity contribution in [3.05, 3.63) is 34.9 Å². The smallest absolute Gasteiger partial charge is 0.251 e. The van der Waals surface area contributed by atoms with Crippen molar-refractivity contribution in [3.63, 3.8) is 0 Å². The summed E-state index contributed by atoms with van der Waals surface area (Å²) < 4.78 is 0. The lowest BCUT2D eigenvalue weighted by atomic mass is 10.1.